The van der Waals surface area contributed by atoms with E-state index in [2.05, 4.69) is 19.2 Å². The van der Waals surface area contributed by atoms with Gasteiger partial charge in [-0.3, -0.25) is 0 Å². The van der Waals surface area contributed by atoms with E-state index in [0.717, 1.165) is 18.4 Å². The van der Waals surface area contributed by atoms with Gasteiger partial charge < -0.3 is 15.2 Å². The molecule has 0 radical (unpaired) electrons. The van der Waals surface area contributed by atoms with Gasteiger partial charge in [0.1, 0.15) is 12.6 Å². The van der Waals surface area contributed by atoms with E-state index < -0.39 is 18.1 Å². The molecule has 0 aliphatic heterocycles. The zero-order valence-electron chi connectivity index (χ0n) is 12.5. The van der Waals surface area contributed by atoms with Crippen LogP contribution in [0.3, 0.4) is 0 Å². The first-order chi connectivity index (χ1) is 9.99. The lowest BCUT2D eigenvalue weighted by Gasteiger charge is -2.15. The van der Waals surface area contributed by atoms with E-state index in [1.807, 2.05) is 30.3 Å². The molecule has 0 aliphatic carbocycles. The molecule has 0 heterocycles. The fourth-order valence-corrected chi connectivity index (χ4v) is 1.89. The lowest BCUT2D eigenvalue weighted by atomic mass is 10.0. The maximum absolute atomic E-state index is 11.6. The van der Waals surface area contributed by atoms with Gasteiger partial charge in [0.25, 0.3) is 0 Å². The summed E-state index contributed by atoms with van der Waals surface area (Å²) in [6.45, 7) is 4.29. The number of hydrogen-bond donors (Lipinski definition) is 2. The summed E-state index contributed by atoms with van der Waals surface area (Å²) in [5.74, 6) is -0.514. The van der Waals surface area contributed by atoms with Crippen LogP contribution in [0.4, 0.5) is 4.79 Å². The molecule has 0 unspecified atom stereocenters. The Morgan fingerprint density at radius 3 is 2.43 bits per heavy atom. The number of nitrogens with one attached hydrogen (secondary N) is 1. The van der Waals surface area contributed by atoms with Gasteiger partial charge in [-0.1, -0.05) is 57.0 Å². The molecule has 0 saturated heterocycles. The van der Waals surface area contributed by atoms with Gasteiger partial charge in [0.15, 0.2) is 0 Å². The van der Waals surface area contributed by atoms with Gasteiger partial charge in [-0.2, -0.15) is 0 Å². The van der Waals surface area contributed by atoms with Crippen molar-refractivity contribution in [3.8, 4) is 0 Å². The average molecular weight is 293 g/mol. The molecular weight excluding hydrogens is 270 g/mol. The van der Waals surface area contributed by atoms with Crippen molar-refractivity contribution >= 4 is 12.1 Å². The Labute approximate surface area is 125 Å². The van der Waals surface area contributed by atoms with Gasteiger partial charge in [0.2, 0.25) is 0 Å². The molecule has 0 aliphatic rings. The quantitative estimate of drug-likeness (QED) is 0.771. The zero-order chi connectivity index (χ0) is 15.7. The Kier molecular flexibility index (Phi) is 7.29. The minimum atomic E-state index is -1.03. The fourth-order valence-electron chi connectivity index (χ4n) is 1.89. The molecule has 21 heavy (non-hydrogen) atoms. The Morgan fingerprint density at radius 1 is 1.19 bits per heavy atom. The van der Waals surface area contributed by atoms with Crippen LogP contribution in [0.15, 0.2) is 30.3 Å². The van der Waals surface area contributed by atoms with Crippen molar-refractivity contribution in [3.05, 3.63) is 35.9 Å². The second-order valence-corrected chi connectivity index (χ2v) is 5.42. The molecule has 1 atom stereocenters. The third-order valence-electron chi connectivity index (χ3n) is 3.08. The molecule has 1 amide bonds. The molecular formula is C16H23NO4. The van der Waals surface area contributed by atoms with Crippen molar-refractivity contribution in [1.29, 1.82) is 0 Å². The van der Waals surface area contributed by atoms with Crippen molar-refractivity contribution in [2.45, 2.75) is 45.8 Å². The smallest absolute Gasteiger partial charge is 0.408 e. The number of benzene rings is 1. The van der Waals surface area contributed by atoms with Gasteiger partial charge >= 0.3 is 12.1 Å². The summed E-state index contributed by atoms with van der Waals surface area (Å²) in [4.78, 5) is 22.7. The summed E-state index contributed by atoms with van der Waals surface area (Å²) in [5.41, 5.74) is 0.860. The van der Waals surface area contributed by atoms with Gasteiger partial charge in [0.05, 0.1) is 0 Å². The van der Waals surface area contributed by atoms with E-state index in [1.165, 1.54) is 0 Å². The molecule has 1 rings (SSSR count). The summed E-state index contributed by atoms with van der Waals surface area (Å²) in [6.07, 6.45) is 1.40. The molecule has 5 nitrogen and oxygen atoms in total. The Hall–Kier alpha value is -2.04. The topological polar surface area (TPSA) is 75.6 Å². The Balaban J connectivity index is 2.36. The third-order valence-corrected chi connectivity index (χ3v) is 3.08. The number of carboxylic acids is 1. The minimum absolute atomic E-state index is 0.130. The predicted molar refractivity (Wildman–Crippen MR) is 79.9 cm³/mol. The number of ether oxygens (including phenoxy) is 1. The van der Waals surface area contributed by atoms with Crippen LogP contribution in [0.25, 0.3) is 0 Å². The summed E-state index contributed by atoms with van der Waals surface area (Å²) >= 11 is 0. The molecule has 2 N–H and O–H groups in total. The van der Waals surface area contributed by atoms with Crippen molar-refractivity contribution in [2.75, 3.05) is 0 Å². The lowest BCUT2D eigenvalue weighted by molar-refractivity contribution is -0.139. The number of alkyl carbamates (subject to hydrolysis) is 1. The normalized spacial score (nSPS) is 12.0. The summed E-state index contributed by atoms with van der Waals surface area (Å²) in [5, 5.41) is 11.5. The molecule has 5 heteroatoms. The van der Waals surface area contributed by atoms with E-state index in [1.54, 1.807) is 0 Å². The van der Waals surface area contributed by atoms with Crippen molar-refractivity contribution in [3.63, 3.8) is 0 Å². The highest BCUT2D eigenvalue weighted by atomic mass is 16.5. The highest BCUT2D eigenvalue weighted by Gasteiger charge is 2.20. The van der Waals surface area contributed by atoms with E-state index in [4.69, 9.17) is 9.84 Å². The summed E-state index contributed by atoms with van der Waals surface area (Å²) in [6, 6.07) is 8.35. The first-order valence-electron chi connectivity index (χ1n) is 7.19. The zero-order valence-corrected chi connectivity index (χ0v) is 12.5. The number of amides is 1. The summed E-state index contributed by atoms with van der Waals surface area (Å²) in [7, 11) is 0. The van der Waals surface area contributed by atoms with Crippen molar-refractivity contribution in [2.24, 2.45) is 5.92 Å². The van der Waals surface area contributed by atoms with Crippen molar-refractivity contribution in [1.82, 2.24) is 5.32 Å². The third kappa shape index (κ3) is 7.34. The molecule has 0 saturated carbocycles. The molecule has 0 bridgehead atoms. The highest BCUT2D eigenvalue weighted by Crippen LogP contribution is 2.09. The van der Waals surface area contributed by atoms with Crippen molar-refractivity contribution < 1.29 is 19.4 Å². The molecule has 1 aromatic carbocycles. The second kappa shape index (κ2) is 9.00. The highest BCUT2D eigenvalue weighted by molar-refractivity contribution is 5.79. The van der Waals surface area contributed by atoms with Crippen LogP contribution in [0.5, 0.6) is 0 Å². The molecule has 0 spiro atoms. The van der Waals surface area contributed by atoms with Crippen LogP contribution in [0.1, 0.15) is 38.7 Å². The number of hydrogen-bond acceptors (Lipinski definition) is 3. The standard InChI is InChI=1S/C16H23NO4/c1-12(2)7-6-10-14(15(18)19)17-16(20)21-11-13-8-4-3-5-9-13/h3-5,8-9,12,14H,6-7,10-11H2,1-2H3,(H,17,20)(H,18,19)/t14-/m0/s1. The van der Waals surface area contributed by atoms with Gasteiger partial charge in [-0.25, -0.2) is 9.59 Å². The number of carbonyl (C=O) groups excluding carboxylic acids is 1. The molecule has 116 valence electrons. The van der Waals surface area contributed by atoms with Gasteiger partial charge in [-0.05, 0) is 17.9 Å². The van der Waals surface area contributed by atoms with Crippen LogP contribution < -0.4 is 5.32 Å². The van der Waals surface area contributed by atoms with E-state index in [-0.39, 0.29) is 6.61 Å². The largest absolute Gasteiger partial charge is 0.480 e. The monoisotopic (exact) mass is 293 g/mol. The fraction of sp³-hybridized carbons (Fsp3) is 0.500. The van der Waals surface area contributed by atoms with E-state index in [9.17, 15) is 9.59 Å². The van der Waals surface area contributed by atoms with E-state index >= 15 is 0 Å². The average Bonchev–Trinajstić information content (AvgIpc) is 2.44. The Bertz CT molecular complexity index is 445. The lowest BCUT2D eigenvalue weighted by Crippen LogP contribution is -2.41. The first kappa shape index (κ1) is 17.0. The predicted octanol–water partition coefficient (Wildman–Crippen LogP) is 3.19. The number of rotatable bonds is 8. The summed E-state index contributed by atoms with van der Waals surface area (Å²) < 4.78 is 5.02. The maximum Gasteiger partial charge on any atom is 0.408 e. The van der Waals surface area contributed by atoms with Crippen LogP contribution in [0.2, 0.25) is 0 Å². The first-order valence-corrected chi connectivity index (χ1v) is 7.19. The SMILES string of the molecule is CC(C)CCC[C@H](NC(=O)OCc1ccccc1)C(=O)O. The number of carbonyl (C=O) groups is 2. The second-order valence-electron chi connectivity index (χ2n) is 5.42. The minimum Gasteiger partial charge on any atom is -0.480 e. The molecule has 0 fully saturated rings. The van der Waals surface area contributed by atoms with Gasteiger partial charge in [-0.15, -0.1) is 0 Å². The molecule has 1 aromatic rings. The Morgan fingerprint density at radius 2 is 1.86 bits per heavy atom. The van der Waals surface area contributed by atoms with Crippen LogP contribution >= 0.6 is 0 Å². The van der Waals surface area contributed by atoms with Crippen LogP contribution in [-0.4, -0.2) is 23.2 Å². The molecule has 0 aromatic heterocycles. The number of carboxylic acid groups (broad SMARTS) is 1. The van der Waals surface area contributed by atoms with Crippen LogP contribution in [-0.2, 0) is 16.1 Å². The van der Waals surface area contributed by atoms with Gasteiger partial charge in [0, 0.05) is 0 Å². The number of aliphatic carboxylic acids is 1. The van der Waals surface area contributed by atoms with E-state index in [0.29, 0.717) is 12.3 Å². The van der Waals surface area contributed by atoms with Crippen LogP contribution in [0, 0.1) is 5.92 Å². The maximum atomic E-state index is 11.6.